The highest BCUT2D eigenvalue weighted by Crippen LogP contribution is 2.39. The van der Waals surface area contributed by atoms with Gasteiger partial charge in [-0.1, -0.05) is 140 Å². The number of anilines is 3. The molecule has 9 aromatic carbocycles. The summed E-state index contributed by atoms with van der Waals surface area (Å²) in [5.41, 5.74) is 11.2. The van der Waals surface area contributed by atoms with Gasteiger partial charge in [0.2, 0.25) is 5.95 Å². The van der Waals surface area contributed by atoms with Crippen molar-refractivity contribution in [3.8, 4) is 39.9 Å². The molecule has 0 fully saturated rings. The smallest absolute Gasteiger partial charge is 0.238 e. The summed E-state index contributed by atoms with van der Waals surface area (Å²) in [6, 6.07) is 74.0. The van der Waals surface area contributed by atoms with Gasteiger partial charge in [0.15, 0.2) is 11.6 Å². The average molecular weight is 782 g/mol. The largest absolute Gasteiger partial charge is 0.456 e. The van der Waals surface area contributed by atoms with E-state index in [0.717, 1.165) is 93.8 Å². The van der Waals surface area contributed by atoms with Crippen molar-refractivity contribution in [3.05, 3.63) is 212 Å². The second kappa shape index (κ2) is 14.2. The van der Waals surface area contributed by atoms with Crippen LogP contribution in [0.2, 0.25) is 0 Å². The van der Waals surface area contributed by atoms with Gasteiger partial charge < -0.3 is 9.32 Å². The first-order valence-electron chi connectivity index (χ1n) is 20.4. The predicted molar refractivity (Wildman–Crippen MR) is 250 cm³/mol. The Morgan fingerprint density at radius 1 is 0.361 bits per heavy atom. The lowest BCUT2D eigenvalue weighted by atomic mass is 10.0. The van der Waals surface area contributed by atoms with Gasteiger partial charge in [-0.05, 0) is 94.7 Å². The molecule has 0 aliphatic rings. The third-order valence-corrected chi connectivity index (χ3v) is 11.6. The molecule has 0 spiro atoms. The lowest BCUT2D eigenvalue weighted by Gasteiger charge is -2.25. The average Bonchev–Trinajstić information content (AvgIpc) is 3.88. The third kappa shape index (κ3) is 5.92. The lowest BCUT2D eigenvalue weighted by Crippen LogP contribution is -2.09. The van der Waals surface area contributed by atoms with E-state index >= 15 is 0 Å². The summed E-state index contributed by atoms with van der Waals surface area (Å²) < 4.78 is 8.38. The molecule has 12 aromatic rings. The van der Waals surface area contributed by atoms with Crippen molar-refractivity contribution >= 4 is 71.6 Å². The molecule has 0 amide bonds. The van der Waals surface area contributed by atoms with Gasteiger partial charge in [0.05, 0.1) is 11.0 Å². The minimum absolute atomic E-state index is 0.561. The fourth-order valence-electron chi connectivity index (χ4n) is 8.77. The van der Waals surface area contributed by atoms with Crippen molar-refractivity contribution in [2.24, 2.45) is 0 Å². The van der Waals surface area contributed by atoms with Gasteiger partial charge >= 0.3 is 0 Å². The molecule has 0 bridgehead atoms. The number of para-hydroxylation sites is 4. The number of fused-ring (bicyclic) bond motifs is 8. The van der Waals surface area contributed by atoms with Gasteiger partial charge in [0.25, 0.3) is 0 Å². The normalized spacial score (nSPS) is 11.6. The molecule has 0 saturated heterocycles. The predicted octanol–water partition coefficient (Wildman–Crippen LogP) is 14.5. The highest BCUT2D eigenvalue weighted by molar-refractivity contribution is 6.19. The Morgan fingerprint density at radius 3 is 1.70 bits per heavy atom. The Kier molecular flexibility index (Phi) is 8.06. The molecule has 6 heteroatoms. The summed E-state index contributed by atoms with van der Waals surface area (Å²) in [5, 5.41) is 6.68. The molecule has 3 aromatic heterocycles. The van der Waals surface area contributed by atoms with E-state index in [4.69, 9.17) is 19.4 Å². The molecule has 0 radical (unpaired) electrons. The summed E-state index contributed by atoms with van der Waals surface area (Å²) >= 11 is 0. The van der Waals surface area contributed by atoms with Crippen LogP contribution in [0.4, 0.5) is 17.1 Å². The van der Waals surface area contributed by atoms with E-state index in [1.165, 1.54) is 0 Å². The Labute approximate surface area is 351 Å². The zero-order valence-corrected chi connectivity index (χ0v) is 32.9. The number of nitrogens with zero attached hydrogens (tertiary/aromatic N) is 5. The number of aromatic nitrogens is 4. The van der Waals surface area contributed by atoms with Crippen LogP contribution in [-0.4, -0.2) is 19.5 Å². The van der Waals surface area contributed by atoms with Crippen LogP contribution in [-0.2, 0) is 0 Å². The van der Waals surface area contributed by atoms with Gasteiger partial charge in [-0.25, -0.2) is 4.98 Å². The van der Waals surface area contributed by atoms with Crippen LogP contribution >= 0.6 is 0 Å². The molecule has 0 atom stereocenters. The van der Waals surface area contributed by atoms with Crippen LogP contribution < -0.4 is 4.90 Å². The molecule has 0 aliphatic carbocycles. The van der Waals surface area contributed by atoms with Crippen LogP contribution in [0.5, 0.6) is 0 Å². The van der Waals surface area contributed by atoms with Gasteiger partial charge in [-0.3, -0.25) is 4.57 Å². The Bertz CT molecular complexity index is 3540. The minimum atomic E-state index is 0.561. The Morgan fingerprint density at radius 2 is 0.951 bits per heavy atom. The van der Waals surface area contributed by atoms with E-state index in [1.54, 1.807) is 0 Å². The van der Waals surface area contributed by atoms with Crippen molar-refractivity contribution in [2.75, 3.05) is 4.90 Å². The highest BCUT2D eigenvalue weighted by Gasteiger charge is 2.20. The topological polar surface area (TPSA) is 60.0 Å². The maximum Gasteiger partial charge on any atom is 0.238 e. The summed E-state index contributed by atoms with van der Waals surface area (Å²) in [6.07, 6.45) is 0. The van der Waals surface area contributed by atoms with E-state index in [9.17, 15) is 0 Å². The van der Waals surface area contributed by atoms with Crippen LogP contribution in [0.25, 0.3) is 94.4 Å². The molecule has 0 N–H and O–H groups in total. The van der Waals surface area contributed by atoms with Gasteiger partial charge in [0.1, 0.15) is 11.2 Å². The third-order valence-electron chi connectivity index (χ3n) is 11.6. The monoisotopic (exact) mass is 781 g/mol. The first-order chi connectivity index (χ1) is 30.2. The second-order valence-corrected chi connectivity index (χ2v) is 15.3. The van der Waals surface area contributed by atoms with Crippen molar-refractivity contribution in [1.29, 1.82) is 0 Å². The van der Waals surface area contributed by atoms with Crippen molar-refractivity contribution in [1.82, 2.24) is 19.5 Å². The summed E-state index contributed by atoms with van der Waals surface area (Å²) in [6.45, 7) is 0. The van der Waals surface area contributed by atoms with Crippen molar-refractivity contribution in [3.63, 3.8) is 0 Å². The minimum Gasteiger partial charge on any atom is -0.456 e. The first kappa shape index (κ1) is 34.7. The van der Waals surface area contributed by atoms with E-state index in [2.05, 4.69) is 179 Å². The molecule has 3 heterocycles. The van der Waals surface area contributed by atoms with E-state index < -0.39 is 0 Å². The maximum absolute atomic E-state index is 6.21. The van der Waals surface area contributed by atoms with E-state index in [-0.39, 0.29) is 0 Å². The molecule has 0 aliphatic heterocycles. The molecule has 0 saturated carbocycles. The molecule has 61 heavy (non-hydrogen) atoms. The number of hydrogen-bond donors (Lipinski definition) is 0. The van der Waals surface area contributed by atoms with E-state index in [0.29, 0.717) is 17.6 Å². The standard InChI is InChI=1S/C55H35N5O/c1-4-14-37(15-5-1)53-56-54(40-26-31-44-39(34-40)28-33-51-52(44)46-21-11-13-23-50(46)61-51)58-55(57-53)60-48-22-12-10-20-45(48)47-35-38(27-32-49(47)60)36-24-29-43(30-25-36)59(41-16-6-2-7-17-41)42-18-8-3-9-19-42/h1-35H. The van der Waals surface area contributed by atoms with Gasteiger partial charge in [-0.15, -0.1) is 0 Å². The SMILES string of the molecule is c1ccc(-c2nc(-c3ccc4c(ccc5oc6ccccc6c54)c3)nc(-n3c4ccccc4c4cc(-c5ccc(N(c6ccccc6)c6ccccc6)cc5)ccc43)n2)cc1. The molecule has 0 unspecified atom stereocenters. The number of hydrogen-bond acceptors (Lipinski definition) is 5. The molecule has 286 valence electrons. The second-order valence-electron chi connectivity index (χ2n) is 15.3. The summed E-state index contributed by atoms with van der Waals surface area (Å²) in [4.78, 5) is 17.8. The van der Waals surface area contributed by atoms with Crippen LogP contribution in [0.1, 0.15) is 0 Å². The molecular formula is C55H35N5O. The van der Waals surface area contributed by atoms with E-state index in [1.807, 2.05) is 42.5 Å². The van der Waals surface area contributed by atoms with Crippen molar-refractivity contribution < 1.29 is 4.42 Å². The van der Waals surface area contributed by atoms with Crippen LogP contribution in [0.3, 0.4) is 0 Å². The quantitative estimate of drug-likeness (QED) is 0.161. The highest BCUT2D eigenvalue weighted by atomic mass is 16.3. The van der Waals surface area contributed by atoms with Crippen LogP contribution in [0, 0.1) is 0 Å². The zero-order valence-electron chi connectivity index (χ0n) is 32.9. The van der Waals surface area contributed by atoms with Gasteiger partial charge in [-0.2, -0.15) is 9.97 Å². The molecular weight excluding hydrogens is 747 g/mol. The summed E-state index contributed by atoms with van der Waals surface area (Å²) in [7, 11) is 0. The number of furan rings is 1. The zero-order chi connectivity index (χ0) is 40.3. The van der Waals surface area contributed by atoms with Crippen LogP contribution in [0.15, 0.2) is 217 Å². The number of rotatable bonds is 7. The fraction of sp³-hybridized carbons (Fsp3) is 0. The maximum atomic E-state index is 6.21. The fourth-order valence-corrected chi connectivity index (χ4v) is 8.77. The first-order valence-corrected chi connectivity index (χ1v) is 20.4. The molecule has 6 nitrogen and oxygen atoms in total. The molecule has 12 rings (SSSR count). The Balaban J connectivity index is 0.984. The van der Waals surface area contributed by atoms with Gasteiger partial charge in [0, 0.05) is 49.7 Å². The summed E-state index contributed by atoms with van der Waals surface area (Å²) in [5.74, 6) is 1.77. The Hall–Kier alpha value is -8.35. The van der Waals surface area contributed by atoms with Crippen molar-refractivity contribution in [2.45, 2.75) is 0 Å². The lowest BCUT2D eigenvalue weighted by molar-refractivity contribution is 0.669. The number of benzene rings is 9.